The molecule has 4 heteroatoms. The molecule has 0 fully saturated rings. The Balaban J connectivity index is 1.81. The summed E-state index contributed by atoms with van der Waals surface area (Å²) in [7, 11) is 1.65. The van der Waals surface area contributed by atoms with Crippen molar-refractivity contribution in [2.24, 2.45) is 0 Å². The standard InChI is InChI=1S/C29H36O4/c1-8-32-25(30)12-9-19-15-23-26(24(16-19)31-7)33-18-29(23,6)20-10-11-21-22(17-20)28(4,5)14-13-27(21,2)3/h9-12,15-17H,8,13-14,18H2,1-7H3. The fraction of sp³-hybridized carbons (Fsp3) is 0.483. The van der Waals surface area contributed by atoms with E-state index in [0.717, 1.165) is 16.9 Å². The smallest absolute Gasteiger partial charge is 0.330 e. The molecule has 1 aliphatic carbocycles. The second-order valence-corrected chi connectivity index (χ2v) is 10.8. The zero-order valence-electron chi connectivity index (χ0n) is 21.0. The third kappa shape index (κ3) is 4.05. The lowest BCUT2D eigenvalue weighted by Gasteiger charge is -2.42. The summed E-state index contributed by atoms with van der Waals surface area (Å²) in [6.07, 6.45) is 5.61. The van der Waals surface area contributed by atoms with Gasteiger partial charge in [-0.25, -0.2) is 4.79 Å². The van der Waals surface area contributed by atoms with Crippen molar-refractivity contribution >= 4 is 12.0 Å². The van der Waals surface area contributed by atoms with Crippen molar-refractivity contribution in [3.63, 3.8) is 0 Å². The third-order valence-corrected chi connectivity index (χ3v) is 7.59. The largest absolute Gasteiger partial charge is 0.493 e. The van der Waals surface area contributed by atoms with Crippen molar-refractivity contribution in [1.29, 1.82) is 0 Å². The topological polar surface area (TPSA) is 44.8 Å². The van der Waals surface area contributed by atoms with Crippen LogP contribution in [0.3, 0.4) is 0 Å². The van der Waals surface area contributed by atoms with Gasteiger partial charge in [-0.3, -0.25) is 0 Å². The molecule has 4 rings (SSSR count). The Hall–Kier alpha value is -2.75. The lowest BCUT2D eigenvalue weighted by atomic mass is 9.62. The van der Waals surface area contributed by atoms with Crippen LogP contribution in [0.5, 0.6) is 11.5 Å². The van der Waals surface area contributed by atoms with Gasteiger partial charge < -0.3 is 14.2 Å². The van der Waals surface area contributed by atoms with Gasteiger partial charge in [0.05, 0.1) is 19.1 Å². The Morgan fingerprint density at radius 3 is 2.36 bits per heavy atom. The molecule has 0 aromatic heterocycles. The maximum Gasteiger partial charge on any atom is 0.330 e. The zero-order chi connectivity index (χ0) is 24.0. The monoisotopic (exact) mass is 448 g/mol. The molecule has 33 heavy (non-hydrogen) atoms. The molecule has 0 radical (unpaired) electrons. The summed E-state index contributed by atoms with van der Waals surface area (Å²) >= 11 is 0. The van der Waals surface area contributed by atoms with Gasteiger partial charge in [0, 0.05) is 11.6 Å². The molecular weight excluding hydrogens is 412 g/mol. The highest BCUT2D eigenvalue weighted by Gasteiger charge is 2.43. The van der Waals surface area contributed by atoms with Gasteiger partial charge in [-0.15, -0.1) is 0 Å². The molecule has 0 N–H and O–H groups in total. The van der Waals surface area contributed by atoms with Crippen LogP contribution < -0.4 is 9.47 Å². The molecule has 1 atom stereocenters. The first-order valence-corrected chi connectivity index (χ1v) is 11.9. The van der Waals surface area contributed by atoms with E-state index in [0.29, 0.717) is 19.0 Å². The highest BCUT2D eigenvalue weighted by Crippen LogP contribution is 2.51. The van der Waals surface area contributed by atoms with E-state index in [1.54, 1.807) is 20.1 Å². The number of carbonyl (C=O) groups is 1. The van der Waals surface area contributed by atoms with Crippen LogP contribution in [0.4, 0.5) is 0 Å². The normalized spacial score (nSPS) is 22.4. The molecule has 0 saturated carbocycles. The highest BCUT2D eigenvalue weighted by atomic mass is 16.5. The summed E-state index contributed by atoms with van der Waals surface area (Å²) in [5.74, 6) is 1.11. The van der Waals surface area contributed by atoms with Crippen molar-refractivity contribution in [3.8, 4) is 11.5 Å². The van der Waals surface area contributed by atoms with Crippen LogP contribution in [0.15, 0.2) is 36.4 Å². The summed E-state index contributed by atoms with van der Waals surface area (Å²) in [6, 6.07) is 11.0. The minimum Gasteiger partial charge on any atom is -0.493 e. The van der Waals surface area contributed by atoms with Crippen LogP contribution in [0, 0.1) is 0 Å². The first-order valence-electron chi connectivity index (χ1n) is 11.9. The van der Waals surface area contributed by atoms with Gasteiger partial charge in [0.1, 0.15) is 6.61 Å². The van der Waals surface area contributed by atoms with Gasteiger partial charge in [-0.2, -0.15) is 0 Å². The van der Waals surface area contributed by atoms with E-state index in [2.05, 4.69) is 58.9 Å². The molecule has 1 aliphatic heterocycles. The van der Waals surface area contributed by atoms with E-state index in [1.165, 1.54) is 35.6 Å². The van der Waals surface area contributed by atoms with Crippen LogP contribution in [-0.2, 0) is 25.8 Å². The summed E-state index contributed by atoms with van der Waals surface area (Å²) in [5.41, 5.74) is 6.12. The molecule has 2 aromatic rings. The average Bonchev–Trinajstić information content (AvgIpc) is 3.13. The van der Waals surface area contributed by atoms with Gasteiger partial charge >= 0.3 is 5.97 Å². The van der Waals surface area contributed by atoms with Crippen LogP contribution in [0.25, 0.3) is 6.08 Å². The fourth-order valence-electron chi connectivity index (χ4n) is 5.25. The van der Waals surface area contributed by atoms with Gasteiger partial charge in [0.25, 0.3) is 0 Å². The van der Waals surface area contributed by atoms with Gasteiger partial charge in [0.15, 0.2) is 11.5 Å². The summed E-state index contributed by atoms with van der Waals surface area (Å²) in [4.78, 5) is 11.8. The Morgan fingerprint density at radius 2 is 1.70 bits per heavy atom. The number of ether oxygens (including phenoxy) is 3. The molecule has 176 valence electrons. The Kier molecular flexibility index (Phi) is 5.84. The number of hydrogen-bond donors (Lipinski definition) is 0. The van der Waals surface area contributed by atoms with Gasteiger partial charge in [-0.05, 0) is 78.0 Å². The highest BCUT2D eigenvalue weighted by molar-refractivity contribution is 5.87. The lowest BCUT2D eigenvalue weighted by Crippen LogP contribution is -2.35. The number of rotatable bonds is 5. The number of benzene rings is 2. The number of carbonyl (C=O) groups excluding carboxylic acids is 1. The summed E-state index contributed by atoms with van der Waals surface area (Å²) in [6.45, 7) is 14.3. The Bertz CT molecular complexity index is 1110. The molecule has 4 nitrogen and oxygen atoms in total. The fourth-order valence-corrected chi connectivity index (χ4v) is 5.25. The van der Waals surface area contributed by atoms with Crippen LogP contribution in [0.2, 0.25) is 0 Å². The molecule has 0 amide bonds. The van der Waals surface area contributed by atoms with Crippen molar-refractivity contribution in [2.45, 2.75) is 70.6 Å². The van der Waals surface area contributed by atoms with E-state index in [-0.39, 0.29) is 22.2 Å². The molecule has 2 aliphatic rings. The van der Waals surface area contributed by atoms with Crippen molar-refractivity contribution in [1.82, 2.24) is 0 Å². The maximum absolute atomic E-state index is 11.8. The summed E-state index contributed by atoms with van der Waals surface area (Å²) < 4.78 is 16.9. The van der Waals surface area contributed by atoms with Crippen molar-refractivity contribution in [3.05, 3.63) is 64.2 Å². The number of esters is 1. The second-order valence-electron chi connectivity index (χ2n) is 10.8. The minimum absolute atomic E-state index is 0.140. The van der Waals surface area contributed by atoms with E-state index < -0.39 is 0 Å². The molecule has 1 heterocycles. The van der Waals surface area contributed by atoms with Crippen molar-refractivity contribution in [2.75, 3.05) is 20.3 Å². The molecule has 0 bridgehead atoms. The van der Waals surface area contributed by atoms with Gasteiger partial charge in [0.2, 0.25) is 0 Å². The number of hydrogen-bond acceptors (Lipinski definition) is 4. The van der Waals surface area contributed by atoms with Crippen LogP contribution in [-0.4, -0.2) is 26.3 Å². The van der Waals surface area contributed by atoms with E-state index >= 15 is 0 Å². The molecule has 0 spiro atoms. The van der Waals surface area contributed by atoms with Crippen LogP contribution >= 0.6 is 0 Å². The van der Waals surface area contributed by atoms with Crippen LogP contribution in [0.1, 0.15) is 82.2 Å². The maximum atomic E-state index is 11.8. The second kappa shape index (κ2) is 8.23. The first kappa shape index (κ1) is 23.4. The van der Waals surface area contributed by atoms with E-state index in [1.807, 2.05) is 6.07 Å². The SMILES string of the molecule is CCOC(=O)C=Cc1cc(OC)c2c(c1)C(C)(c1ccc3c(c1)C(C)(C)CCC3(C)C)CO2. The molecular formula is C29H36O4. The zero-order valence-corrected chi connectivity index (χ0v) is 21.0. The quantitative estimate of drug-likeness (QED) is 0.397. The first-order chi connectivity index (χ1) is 15.5. The number of fused-ring (bicyclic) bond motifs is 2. The predicted molar refractivity (Wildman–Crippen MR) is 132 cm³/mol. The minimum atomic E-state index is -0.351. The average molecular weight is 449 g/mol. The third-order valence-electron chi connectivity index (χ3n) is 7.59. The predicted octanol–water partition coefficient (Wildman–Crippen LogP) is 6.32. The van der Waals surface area contributed by atoms with E-state index in [4.69, 9.17) is 14.2 Å². The molecule has 1 unspecified atom stereocenters. The Morgan fingerprint density at radius 1 is 1.00 bits per heavy atom. The molecule has 2 aromatic carbocycles. The van der Waals surface area contributed by atoms with E-state index in [9.17, 15) is 4.79 Å². The summed E-state index contributed by atoms with van der Waals surface area (Å²) in [5, 5.41) is 0. The Labute approximate surface area is 197 Å². The van der Waals surface area contributed by atoms with Crippen molar-refractivity contribution < 1.29 is 19.0 Å². The number of methoxy groups -OCH3 is 1. The van der Waals surface area contributed by atoms with Gasteiger partial charge in [-0.1, -0.05) is 45.9 Å². The molecule has 0 saturated heterocycles. The lowest BCUT2D eigenvalue weighted by molar-refractivity contribution is -0.137.